The maximum atomic E-state index is 12.3. The van der Waals surface area contributed by atoms with Gasteiger partial charge >= 0.3 is 6.36 Å². The van der Waals surface area contributed by atoms with Crippen LogP contribution in [-0.4, -0.2) is 64.9 Å². The molecule has 1 aromatic carbocycles. The molecule has 6 rings (SSSR count). The molecule has 0 amide bonds. The minimum atomic E-state index is -4.69. The lowest BCUT2D eigenvalue weighted by atomic mass is 9.83. The number of nitrogens with two attached hydrogens (primary N) is 1. The zero-order valence-electron chi connectivity index (χ0n) is 19.8. The summed E-state index contributed by atoms with van der Waals surface area (Å²) < 4.78 is 40.7. The van der Waals surface area contributed by atoms with Crippen molar-refractivity contribution in [2.45, 2.75) is 31.2 Å². The molecule has 4 N–H and O–H groups in total. The molecule has 15 heteroatoms. The van der Waals surface area contributed by atoms with Gasteiger partial charge in [-0.25, -0.2) is 29.9 Å². The second-order valence-corrected chi connectivity index (χ2v) is 9.14. The first-order chi connectivity index (χ1) is 18.2. The molecule has 4 aromatic heterocycles. The van der Waals surface area contributed by atoms with E-state index in [-0.39, 0.29) is 5.75 Å². The number of fused-ring (bicyclic) bond motifs is 2. The Morgan fingerprint density at radius 2 is 1.50 bits per heavy atom. The number of aromatic amines is 2. The summed E-state index contributed by atoms with van der Waals surface area (Å²) in [5.41, 5.74) is 9.72. The summed E-state index contributed by atoms with van der Waals surface area (Å²) in [6.45, 7) is 1.44. The number of anilines is 1. The van der Waals surface area contributed by atoms with Gasteiger partial charge in [-0.1, -0.05) is 23.7 Å². The van der Waals surface area contributed by atoms with Crippen molar-refractivity contribution < 1.29 is 17.9 Å². The number of hydrogen-bond acceptors (Lipinski definition) is 9. The minimum Gasteiger partial charge on any atom is -0.406 e. The summed E-state index contributed by atoms with van der Waals surface area (Å²) in [6.07, 6.45) is 3.35. The Morgan fingerprint density at radius 1 is 0.895 bits per heavy atom. The predicted molar refractivity (Wildman–Crippen MR) is 134 cm³/mol. The van der Waals surface area contributed by atoms with Crippen LogP contribution < -0.4 is 15.4 Å². The Morgan fingerprint density at radius 3 is 2.13 bits per heavy atom. The second kappa shape index (κ2) is 10.4. The number of aromatic nitrogens is 8. The molecule has 11 nitrogen and oxygen atoms in total. The molecule has 0 atom stereocenters. The largest absolute Gasteiger partial charge is 0.573 e. The van der Waals surface area contributed by atoms with Crippen molar-refractivity contribution in [3.05, 3.63) is 60.3 Å². The van der Waals surface area contributed by atoms with Crippen molar-refractivity contribution in [1.29, 1.82) is 0 Å². The molecule has 38 heavy (non-hydrogen) atoms. The van der Waals surface area contributed by atoms with Crippen molar-refractivity contribution >= 4 is 39.7 Å². The summed E-state index contributed by atoms with van der Waals surface area (Å²) >= 11 is 5.68. The highest BCUT2D eigenvalue weighted by molar-refractivity contribution is 6.33. The van der Waals surface area contributed by atoms with E-state index in [1.807, 2.05) is 0 Å². The SMILES string of the molecule is Clc1ncnc2nc[nH]c12.NC1(Cc2ccc(OC(F)(F)F)cc2)CCN(c2ncnc3nc[nH]c23)CC1. The number of ether oxygens (including phenoxy) is 1. The summed E-state index contributed by atoms with van der Waals surface area (Å²) in [6, 6.07) is 5.88. The molecule has 1 fully saturated rings. The molecule has 198 valence electrons. The van der Waals surface area contributed by atoms with Crippen LogP contribution in [0.4, 0.5) is 19.0 Å². The first kappa shape index (κ1) is 25.6. The molecule has 5 heterocycles. The van der Waals surface area contributed by atoms with E-state index >= 15 is 0 Å². The van der Waals surface area contributed by atoms with Gasteiger partial charge in [-0.15, -0.1) is 13.2 Å². The van der Waals surface area contributed by atoms with Crippen molar-refractivity contribution in [1.82, 2.24) is 39.9 Å². The van der Waals surface area contributed by atoms with Crippen LogP contribution in [0.1, 0.15) is 18.4 Å². The third-order valence-electron chi connectivity index (χ3n) is 6.15. The highest BCUT2D eigenvalue weighted by Crippen LogP contribution is 2.30. The molecular weight excluding hydrogens is 525 g/mol. The van der Waals surface area contributed by atoms with Crippen molar-refractivity contribution in [3.63, 3.8) is 0 Å². The van der Waals surface area contributed by atoms with Gasteiger partial charge < -0.3 is 25.3 Å². The number of benzene rings is 1. The topological polar surface area (TPSA) is 147 Å². The molecule has 0 radical (unpaired) electrons. The number of nitrogens with zero attached hydrogens (tertiary/aromatic N) is 7. The summed E-state index contributed by atoms with van der Waals surface area (Å²) in [5, 5.41) is 0.405. The van der Waals surface area contributed by atoms with E-state index < -0.39 is 11.9 Å². The highest BCUT2D eigenvalue weighted by atomic mass is 35.5. The van der Waals surface area contributed by atoms with Crippen molar-refractivity contribution in [3.8, 4) is 5.75 Å². The van der Waals surface area contributed by atoms with Gasteiger partial charge in [-0.2, -0.15) is 0 Å². The fourth-order valence-electron chi connectivity index (χ4n) is 4.28. The Balaban J connectivity index is 0.000000244. The Bertz CT molecular complexity index is 1510. The van der Waals surface area contributed by atoms with E-state index in [1.165, 1.54) is 31.1 Å². The first-order valence-corrected chi connectivity index (χ1v) is 11.9. The predicted octanol–water partition coefficient (Wildman–Crippen LogP) is 3.80. The molecule has 0 unspecified atom stereocenters. The average molecular weight is 547 g/mol. The second-order valence-electron chi connectivity index (χ2n) is 8.78. The van der Waals surface area contributed by atoms with Crippen molar-refractivity contribution in [2.75, 3.05) is 18.0 Å². The molecule has 0 spiro atoms. The molecule has 5 aromatic rings. The molecular formula is C23H22ClF3N10O. The number of alkyl halides is 3. The third kappa shape index (κ3) is 5.92. The van der Waals surface area contributed by atoms with Crippen LogP contribution in [0.5, 0.6) is 5.75 Å². The Labute approximate surface area is 218 Å². The van der Waals surface area contributed by atoms with Crippen LogP contribution in [0.15, 0.2) is 49.6 Å². The third-order valence-corrected chi connectivity index (χ3v) is 6.44. The Hall–Kier alpha value is -4.04. The van der Waals surface area contributed by atoms with E-state index in [4.69, 9.17) is 17.3 Å². The number of imidazole rings is 2. The number of hydrogen-bond donors (Lipinski definition) is 3. The highest BCUT2D eigenvalue weighted by Gasteiger charge is 2.33. The molecule has 1 aliphatic rings. The van der Waals surface area contributed by atoms with Crippen LogP contribution in [0.3, 0.4) is 0 Å². The van der Waals surface area contributed by atoms with E-state index in [0.717, 1.165) is 42.8 Å². The lowest BCUT2D eigenvalue weighted by Gasteiger charge is -2.40. The number of H-pyrrole nitrogens is 2. The number of nitrogens with one attached hydrogen (secondary N) is 2. The van der Waals surface area contributed by atoms with Gasteiger partial charge in [0.1, 0.15) is 29.4 Å². The zero-order valence-corrected chi connectivity index (χ0v) is 20.5. The van der Waals surface area contributed by atoms with Gasteiger partial charge in [0.25, 0.3) is 0 Å². The first-order valence-electron chi connectivity index (χ1n) is 11.5. The molecule has 0 aliphatic carbocycles. The number of rotatable bonds is 4. The standard InChI is InChI=1S/C18H19F3N6O.C5H3ClN4/c19-18(20,21)28-13-3-1-12(2-4-13)9-17(22)5-7-27(8-6-17)16-14-15(24-10-23-14)25-11-26-16;6-4-3-5(9-1-7-3)10-2-8-4/h1-4,10-11H,5-9,22H2,(H,23,24,25,26);1-2H,(H,7,8,9,10). The quantitative estimate of drug-likeness (QED) is 0.286. The Kier molecular flexibility index (Phi) is 6.99. The fourth-order valence-corrected chi connectivity index (χ4v) is 4.47. The van der Waals surface area contributed by atoms with E-state index in [2.05, 4.69) is 49.5 Å². The zero-order chi connectivity index (χ0) is 26.8. The summed E-state index contributed by atoms with van der Waals surface area (Å²) in [7, 11) is 0. The molecule has 1 saturated heterocycles. The minimum absolute atomic E-state index is 0.232. The van der Waals surface area contributed by atoms with Crippen LogP contribution >= 0.6 is 11.6 Å². The van der Waals surface area contributed by atoms with Gasteiger partial charge in [-0.3, -0.25) is 0 Å². The molecule has 1 aliphatic heterocycles. The summed E-state index contributed by atoms with van der Waals surface area (Å²) in [5.74, 6) is 0.572. The lowest BCUT2D eigenvalue weighted by molar-refractivity contribution is -0.274. The van der Waals surface area contributed by atoms with Crippen LogP contribution in [0, 0.1) is 0 Å². The molecule has 0 bridgehead atoms. The number of piperidine rings is 1. The van der Waals surface area contributed by atoms with Gasteiger partial charge in [0, 0.05) is 18.6 Å². The van der Waals surface area contributed by atoms with Crippen LogP contribution in [0.2, 0.25) is 5.15 Å². The van der Waals surface area contributed by atoms with Gasteiger partial charge in [0.05, 0.1) is 12.7 Å². The molecule has 0 saturated carbocycles. The maximum Gasteiger partial charge on any atom is 0.573 e. The normalized spacial score (nSPS) is 15.3. The smallest absolute Gasteiger partial charge is 0.406 e. The van der Waals surface area contributed by atoms with Crippen molar-refractivity contribution in [2.24, 2.45) is 5.73 Å². The van der Waals surface area contributed by atoms with Gasteiger partial charge in [-0.05, 0) is 37.0 Å². The lowest BCUT2D eigenvalue weighted by Crippen LogP contribution is -2.52. The van der Waals surface area contributed by atoms with E-state index in [0.29, 0.717) is 28.4 Å². The van der Waals surface area contributed by atoms with Gasteiger partial charge in [0.2, 0.25) is 0 Å². The van der Waals surface area contributed by atoms with Gasteiger partial charge in [0.15, 0.2) is 22.3 Å². The van der Waals surface area contributed by atoms with E-state index in [9.17, 15) is 13.2 Å². The van der Waals surface area contributed by atoms with E-state index in [1.54, 1.807) is 18.5 Å². The number of halogens is 4. The summed E-state index contributed by atoms with van der Waals surface area (Å²) in [4.78, 5) is 32.2. The monoisotopic (exact) mass is 546 g/mol. The maximum absolute atomic E-state index is 12.3. The van der Waals surface area contributed by atoms with Crippen LogP contribution in [-0.2, 0) is 6.42 Å². The van der Waals surface area contributed by atoms with Crippen LogP contribution in [0.25, 0.3) is 22.3 Å². The fraction of sp³-hybridized carbons (Fsp3) is 0.304. The average Bonchev–Trinajstić information content (AvgIpc) is 3.56.